The molecule has 0 bridgehead atoms. The van der Waals surface area contributed by atoms with Crippen LogP contribution in [0.1, 0.15) is 71.3 Å². The lowest BCUT2D eigenvalue weighted by atomic mass is 9.99. The SMILES string of the molecule is CCCCCCNc1nc(SCCC)nc2c1nnn2C1CC(CCC(=O)O)C(O)C1O. The second-order valence-electron chi connectivity index (χ2n) is 8.37. The molecule has 10 nitrogen and oxygen atoms in total. The van der Waals surface area contributed by atoms with E-state index >= 15 is 0 Å². The van der Waals surface area contributed by atoms with E-state index in [1.54, 1.807) is 16.4 Å². The molecule has 2 aromatic rings. The summed E-state index contributed by atoms with van der Waals surface area (Å²) in [6, 6.07) is -0.523. The van der Waals surface area contributed by atoms with Crippen molar-refractivity contribution in [3.8, 4) is 0 Å². The molecular weight excluding hydrogens is 432 g/mol. The minimum absolute atomic E-state index is 0.0503. The Kier molecular flexibility index (Phi) is 9.06. The second kappa shape index (κ2) is 11.8. The quantitative estimate of drug-likeness (QED) is 0.197. The number of hydrogen-bond donors (Lipinski definition) is 4. The molecule has 4 N–H and O–H groups in total. The highest BCUT2D eigenvalue weighted by atomic mass is 32.2. The number of rotatable bonds is 13. The molecule has 1 aliphatic rings. The molecule has 1 fully saturated rings. The smallest absolute Gasteiger partial charge is 0.303 e. The standard InChI is InChI=1S/C21H34N6O4S/c1-3-5-6-7-10-22-19-16-20(24-21(23-19)32-11-4-2)27(26-25-16)14-12-13(8-9-15(28)29)17(30)18(14)31/h13-14,17-18,30-31H,3-12H2,1-2H3,(H,28,29)(H,22,23,24). The molecule has 0 aliphatic heterocycles. The third kappa shape index (κ3) is 5.87. The second-order valence-corrected chi connectivity index (χ2v) is 9.44. The highest BCUT2D eigenvalue weighted by molar-refractivity contribution is 7.99. The fraction of sp³-hybridized carbons (Fsp3) is 0.762. The predicted octanol–water partition coefficient (Wildman–Crippen LogP) is 2.86. The topological polar surface area (TPSA) is 146 Å². The summed E-state index contributed by atoms with van der Waals surface area (Å²) in [5.41, 5.74) is 1.06. The highest BCUT2D eigenvalue weighted by Gasteiger charge is 2.43. The zero-order valence-corrected chi connectivity index (χ0v) is 19.6. The Balaban J connectivity index is 1.85. The Hall–Kier alpha value is -1.98. The Bertz CT molecular complexity index is 895. The lowest BCUT2D eigenvalue weighted by Crippen LogP contribution is -2.30. The zero-order chi connectivity index (χ0) is 23.1. The highest BCUT2D eigenvalue weighted by Crippen LogP contribution is 2.39. The van der Waals surface area contributed by atoms with Gasteiger partial charge in [0, 0.05) is 18.7 Å². The van der Waals surface area contributed by atoms with Gasteiger partial charge >= 0.3 is 5.97 Å². The van der Waals surface area contributed by atoms with Crippen LogP contribution in [0, 0.1) is 5.92 Å². The maximum Gasteiger partial charge on any atom is 0.303 e. The molecule has 0 aromatic carbocycles. The first-order chi connectivity index (χ1) is 15.5. The average Bonchev–Trinajstić information content (AvgIpc) is 3.31. The molecule has 0 radical (unpaired) electrons. The van der Waals surface area contributed by atoms with Crippen LogP contribution in [0.4, 0.5) is 5.82 Å². The minimum Gasteiger partial charge on any atom is -0.481 e. The molecule has 1 aliphatic carbocycles. The van der Waals surface area contributed by atoms with Crippen LogP contribution in [0.15, 0.2) is 5.16 Å². The normalized spacial score (nSPS) is 23.1. The van der Waals surface area contributed by atoms with Gasteiger partial charge in [0.25, 0.3) is 0 Å². The summed E-state index contributed by atoms with van der Waals surface area (Å²) in [7, 11) is 0. The molecule has 2 aromatic heterocycles. The number of carboxylic acid groups (broad SMARTS) is 1. The molecule has 4 atom stereocenters. The number of anilines is 1. The summed E-state index contributed by atoms with van der Waals surface area (Å²) < 4.78 is 1.57. The summed E-state index contributed by atoms with van der Waals surface area (Å²) in [6.07, 6.45) is 4.12. The van der Waals surface area contributed by atoms with E-state index in [9.17, 15) is 15.0 Å². The number of hydrogen-bond acceptors (Lipinski definition) is 9. The number of fused-ring (bicyclic) bond motifs is 1. The molecular formula is C21H34N6O4S. The fourth-order valence-corrected chi connectivity index (χ4v) is 4.80. The van der Waals surface area contributed by atoms with Crippen LogP contribution in [0.3, 0.4) is 0 Å². The van der Waals surface area contributed by atoms with Gasteiger partial charge in [0.2, 0.25) is 0 Å². The number of unbranched alkanes of at least 4 members (excludes halogenated alkanes) is 3. The van der Waals surface area contributed by atoms with E-state index in [4.69, 9.17) is 5.11 Å². The summed E-state index contributed by atoms with van der Waals surface area (Å²) in [5, 5.41) is 42.7. The number of aliphatic hydroxyl groups excluding tert-OH is 2. The van der Waals surface area contributed by atoms with Crippen LogP contribution in [0.2, 0.25) is 0 Å². The number of carboxylic acids is 1. The summed E-state index contributed by atoms with van der Waals surface area (Å²) in [5.74, 6) is 0.274. The fourth-order valence-electron chi connectivity index (χ4n) is 4.11. The molecule has 0 saturated heterocycles. The van der Waals surface area contributed by atoms with Gasteiger partial charge in [0.05, 0.1) is 12.1 Å². The average molecular weight is 467 g/mol. The molecule has 178 valence electrons. The van der Waals surface area contributed by atoms with Crippen LogP contribution < -0.4 is 5.32 Å². The molecule has 1 saturated carbocycles. The molecule has 2 heterocycles. The molecule has 3 rings (SSSR count). The van der Waals surface area contributed by atoms with E-state index in [0.717, 1.165) is 31.6 Å². The van der Waals surface area contributed by atoms with E-state index in [-0.39, 0.29) is 12.3 Å². The van der Waals surface area contributed by atoms with Gasteiger partial charge in [-0.1, -0.05) is 50.1 Å². The number of aromatic nitrogens is 5. The third-order valence-corrected chi connectivity index (χ3v) is 6.93. The molecule has 4 unspecified atom stereocenters. The van der Waals surface area contributed by atoms with E-state index in [1.165, 1.54) is 12.8 Å². The number of thioether (sulfide) groups is 1. The molecule has 32 heavy (non-hydrogen) atoms. The lowest BCUT2D eigenvalue weighted by Gasteiger charge is -2.17. The number of aliphatic hydroxyl groups is 2. The third-order valence-electron chi connectivity index (χ3n) is 5.88. The van der Waals surface area contributed by atoms with Gasteiger partial charge in [-0.2, -0.15) is 0 Å². The van der Waals surface area contributed by atoms with Crippen molar-refractivity contribution in [1.29, 1.82) is 0 Å². The van der Waals surface area contributed by atoms with E-state index in [2.05, 4.69) is 39.4 Å². The van der Waals surface area contributed by atoms with Gasteiger partial charge in [0.1, 0.15) is 6.10 Å². The first-order valence-corrected chi connectivity index (χ1v) is 12.5. The first-order valence-electron chi connectivity index (χ1n) is 11.5. The first kappa shape index (κ1) is 24.7. The summed E-state index contributed by atoms with van der Waals surface area (Å²) in [4.78, 5) is 20.2. The van der Waals surface area contributed by atoms with Gasteiger partial charge in [-0.15, -0.1) is 5.10 Å². The van der Waals surface area contributed by atoms with Crippen molar-refractivity contribution in [2.45, 2.75) is 88.6 Å². The number of nitrogens with zero attached hydrogens (tertiary/aromatic N) is 5. The van der Waals surface area contributed by atoms with E-state index < -0.39 is 24.2 Å². The van der Waals surface area contributed by atoms with Crippen LogP contribution in [0.5, 0.6) is 0 Å². The number of nitrogens with one attached hydrogen (secondary N) is 1. The largest absolute Gasteiger partial charge is 0.481 e. The maximum atomic E-state index is 10.9. The van der Waals surface area contributed by atoms with Crippen LogP contribution in [-0.4, -0.2) is 70.8 Å². The Morgan fingerprint density at radius 1 is 1.16 bits per heavy atom. The van der Waals surface area contributed by atoms with Crippen LogP contribution >= 0.6 is 11.8 Å². The van der Waals surface area contributed by atoms with E-state index in [0.29, 0.717) is 35.0 Å². The minimum atomic E-state index is -1.06. The van der Waals surface area contributed by atoms with Crippen molar-refractivity contribution in [2.24, 2.45) is 5.92 Å². The van der Waals surface area contributed by atoms with Gasteiger partial charge < -0.3 is 20.6 Å². The van der Waals surface area contributed by atoms with Gasteiger partial charge in [-0.05, 0) is 31.6 Å². The van der Waals surface area contributed by atoms with Crippen molar-refractivity contribution >= 4 is 34.7 Å². The van der Waals surface area contributed by atoms with Crippen molar-refractivity contribution in [3.63, 3.8) is 0 Å². The van der Waals surface area contributed by atoms with Crippen molar-refractivity contribution < 1.29 is 20.1 Å². The molecule has 0 spiro atoms. The zero-order valence-electron chi connectivity index (χ0n) is 18.8. The lowest BCUT2D eigenvalue weighted by molar-refractivity contribution is -0.137. The summed E-state index contributed by atoms with van der Waals surface area (Å²) in [6.45, 7) is 5.05. The van der Waals surface area contributed by atoms with Crippen LogP contribution in [-0.2, 0) is 4.79 Å². The number of carbonyl (C=O) groups is 1. The van der Waals surface area contributed by atoms with Gasteiger partial charge in [-0.3, -0.25) is 4.79 Å². The Labute approximate surface area is 192 Å². The maximum absolute atomic E-state index is 10.9. The van der Waals surface area contributed by atoms with Crippen molar-refractivity contribution in [1.82, 2.24) is 25.0 Å². The van der Waals surface area contributed by atoms with Crippen LogP contribution in [0.25, 0.3) is 11.2 Å². The van der Waals surface area contributed by atoms with Crippen molar-refractivity contribution in [2.75, 3.05) is 17.6 Å². The van der Waals surface area contributed by atoms with Gasteiger partial charge in [-0.25, -0.2) is 14.6 Å². The van der Waals surface area contributed by atoms with Crippen molar-refractivity contribution in [3.05, 3.63) is 0 Å². The summed E-state index contributed by atoms with van der Waals surface area (Å²) >= 11 is 1.56. The number of aliphatic carboxylic acids is 1. The monoisotopic (exact) mass is 466 g/mol. The molecule has 0 amide bonds. The Morgan fingerprint density at radius 2 is 1.97 bits per heavy atom. The van der Waals surface area contributed by atoms with Gasteiger partial charge in [0.15, 0.2) is 22.1 Å². The van der Waals surface area contributed by atoms with E-state index in [1.807, 2.05) is 0 Å². The Morgan fingerprint density at radius 3 is 2.69 bits per heavy atom. The predicted molar refractivity (Wildman–Crippen MR) is 123 cm³/mol. The molecule has 11 heteroatoms.